The molecule has 1 saturated heterocycles. The summed E-state index contributed by atoms with van der Waals surface area (Å²) in [5.41, 5.74) is 3.42. The van der Waals surface area contributed by atoms with Crippen LogP contribution in [0, 0.1) is 5.82 Å². The van der Waals surface area contributed by atoms with Crippen LogP contribution in [0.3, 0.4) is 0 Å². The van der Waals surface area contributed by atoms with Crippen molar-refractivity contribution in [2.75, 3.05) is 19.7 Å². The minimum Gasteiger partial charge on any atom is -0.490 e. The van der Waals surface area contributed by atoms with Gasteiger partial charge in [0.25, 0.3) is 11.1 Å². The van der Waals surface area contributed by atoms with Crippen molar-refractivity contribution in [3.8, 4) is 11.5 Å². The van der Waals surface area contributed by atoms with Crippen molar-refractivity contribution in [3.63, 3.8) is 0 Å². The molecule has 0 bridgehead atoms. The van der Waals surface area contributed by atoms with Crippen LogP contribution in [-0.4, -0.2) is 46.5 Å². The van der Waals surface area contributed by atoms with Gasteiger partial charge in [-0.05, 0) is 77.7 Å². The standard InChI is InChI=1S/C30H26ClFN2O5S/c1-2-38-25-14-20(13-24(31)28(25)39-18-19-6-5-9-23(32)12-19)15-26-29(36)34(30(37)40-26)17-27(35)33-11-10-21-7-3-4-8-22(21)16-33/h3-9,12-15H,2,10-11,16-18H2,1H3/b26-15-. The molecule has 0 aliphatic carbocycles. The highest BCUT2D eigenvalue weighted by Gasteiger charge is 2.37. The Morgan fingerprint density at radius 3 is 2.65 bits per heavy atom. The molecule has 0 spiro atoms. The fourth-order valence-electron chi connectivity index (χ4n) is 4.59. The minimum atomic E-state index is -0.540. The Labute approximate surface area is 240 Å². The Balaban J connectivity index is 1.29. The number of ether oxygens (including phenoxy) is 2. The topological polar surface area (TPSA) is 76.2 Å². The lowest BCUT2D eigenvalue weighted by Crippen LogP contribution is -2.44. The molecule has 0 saturated carbocycles. The highest BCUT2D eigenvalue weighted by atomic mass is 35.5. The molecule has 0 radical (unpaired) electrons. The number of nitrogens with zero attached hydrogens (tertiary/aromatic N) is 2. The van der Waals surface area contributed by atoms with Crippen molar-refractivity contribution in [1.82, 2.24) is 9.80 Å². The second-order valence-electron chi connectivity index (χ2n) is 9.28. The van der Waals surface area contributed by atoms with Crippen LogP contribution in [0.5, 0.6) is 11.5 Å². The molecule has 0 N–H and O–H groups in total. The van der Waals surface area contributed by atoms with Gasteiger partial charge in [-0.2, -0.15) is 0 Å². The van der Waals surface area contributed by atoms with Gasteiger partial charge in [-0.25, -0.2) is 4.39 Å². The number of thioether (sulfide) groups is 1. The van der Waals surface area contributed by atoms with Crippen molar-refractivity contribution in [3.05, 3.63) is 98.7 Å². The first kappa shape index (κ1) is 27.7. The van der Waals surface area contributed by atoms with E-state index >= 15 is 0 Å². The predicted molar refractivity (Wildman–Crippen MR) is 152 cm³/mol. The number of fused-ring (bicyclic) bond motifs is 1. The third kappa shape index (κ3) is 6.16. The number of imide groups is 1. The van der Waals surface area contributed by atoms with E-state index in [0.29, 0.717) is 36.6 Å². The summed E-state index contributed by atoms with van der Waals surface area (Å²) in [6.45, 7) is 2.88. The van der Waals surface area contributed by atoms with Crippen LogP contribution in [0.25, 0.3) is 6.08 Å². The van der Waals surface area contributed by atoms with Crippen molar-refractivity contribution < 1.29 is 28.2 Å². The largest absolute Gasteiger partial charge is 0.490 e. The summed E-state index contributed by atoms with van der Waals surface area (Å²) < 4.78 is 25.1. The first-order valence-corrected chi connectivity index (χ1v) is 14.0. The first-order valence-electron chi connectivity index (χ1n) is 12.8. The molecule has 2 aliphatic rings. The zero-order valence-corrected chi connectivity index (χ0v) is 23.3. The molecule has 3 aromatic carbocycles. The number of benzene rings is 3. The van der Waals surface area contributed by atoms with E-state index in [4.69, 9.17) is 21.1 Å². The van der Waals surface area contributed by atoms with Gasteiger partial charge >= 0.3 is 0 Å². The Bertz CT molecular complexity index is 1510. The monoisotopic (exact) mass is 580 g/mol. The van der Waals surface area contributed by atoms with Gasteiger partial charge in [0.1, 0.15) is 19.0 Å². The second kappa shape index (κ2) is 12.1. The number of hydrogen-bond acceptors (Lipinski definition) is 6. The summed E-state index contributed by atoms with van der Waals surface area (Å²) in [5, 5.41) is -0.276. The molecular formula is C30H26ClFN2O5S. The summed E-state index contributed by atoms with van der Waals surface area (Å²) in [6, 6.07) is 17.2. The average Bonchev–Trinajstić information content (AvgIpc) is 3.19. The zero-order chi connectivity index (χ0) is 28.2. The third-order valence-electron chi connectivity index (χ3n) is 6.55. The maximum atomic E-state index is 13.5. The van der Waals surface area contributed by atoms with Crippen molar-refractivity contribution in [2.24, 2.45) is 0 Å². The molecule has 1 fully saturated rings. The quantitative estimate of drug-likeness (QED) is 0.301. The molecule has 2 aliphatic heterocycles. The summed E-state index contributed by atoms with van der Waals surface area (Å²) >= 11 is 7.28. The van der Waals surface area contributed by atoms with Gasteiger partial charge in [0.05, 0.1) is 16.5 Å². The van der Waals surface area contributed by atoms with E-state index in [0.717, 1.165) is 28.6 Å². The summed E-state index contributed by atoms with van der Waals surface area (Å²) in [4.78, 5) is 41.6. The lowest BCUT2D eigenvalue weighted by Gasteiger charge is -2.29. The van der Waals surface area contributed by atoms with Crippen molar-refractivity contribution in [2.45, 2.75) is 26.5 Å². The summed E-state index contributed by atoms with van der Waals surface area (Å²) in [5.74, 6) is -0.561. The second-order valence-corrected chi connectivity index (χ2v) is 10.7. The molecule has 0 unspecified atom stereocenters. The Morgan fingerprint density at radius 2 is 1.88 bits per heavy atom. The number of carbonyl (C=O) groups is 3. The highest BCUT2D eigenvalue weighted by molar-refractivity contribution is 8.18. The van der Waals surface area contributed by atoms with Crippen LogP contribution < -0.4 is 9.47 Å². The molecule has 7 nitrogen and oxygen atoms in total. The van der Waals surface area contributed by atoms with E-state index in [1.54, 1.807) is 36.1 Å². The third-order valence-corrected chi connectivity index (χ3v) is 7.74. The molecule has 0 atom stereocenters. The van der Waals surface area contributed by atoms with E-state index in [9.17, 15) is 18.8 Å². The fourth-order valence-corrected chi connectivity index (χ4v) is 5.70. The molecule has 0 aromatic heterocycles. The van der Waals surface area contributed by atoms with Crippen LogP contribution in [0.1, 0.15) is 29.2 Å². The minimum absolute atomic E-state index is 0.0758. The lowest BCUT2D eigenvalue weighted by molar-refractivity contribution is -0.136. The number of amides is 3. The first-order chi connectivity index (χ1) is 19.3. The Morgan fingerprint density at radius 1 is 1.07 bits per heavy atom. The van der Waals surface area contributed by atoms with Crippen LogP contribution in [-0.2, 0) is 29.2 Å². The lowest BCUT2D eigenvalue weighted by atomic mass is 10.00. The van der Waals surface area contributed by atoms with Crippen LogP contribution in [0.4, 0.5) is 9.18 Å². The van der Waals surface area contributed by atoms with Gasteiger partial charge in [0, 0.05) is 13.1 Å². The van der Waals surface area contributed by atoms with Crippen LogP contribution >= 0.6 is 23.4 Å². The maximum absolute atomic E-state index is 13.5. The molecule has 10 heteroatoms. The normalized spacial score (nSPS) is 15.9. The zero-order valence-electron chi connectivity index (χ0n) is 21.7. The number of carbonyl (C=O) groups excluding carboxylic acids is 3. The predicted octanol–water partition coefficient (Wildman–Crippen LogP) is 6.08. The van der Waals surface area contributed by atoms with E-state index in [1.165, 1.54) is 23.8 Å². The van der Waals surface area contributed by atoms with Crippen LogP contribution in [0.2, 0.25) is 5.02 Å². The van der Waals surface area contributed by atoms with Gasteiger partial charge in [-0.15, -0.1) is 0 Å². The van der Waals surface area contributed by atoms with Gasteiger partial charge in [-0.1, -0.05) is 48.0 Å². The van der Waals surface area contributed by atoms with Crippen LogP contribution in [0.15, 0.2) is 65.6 Å². The summed E-state index contributed by atoms with van der Waals surface area (Å²) in [7, 11) is 0. The fraction of sp³-hybridized carbons (Fsp3) is 0.233. The molecule has 3 amide bonds. The molecule has 2 heterocycles. The maximum Gasteiger partial charge on any atom is 0.294 e. The molecular weight excluding hydrogens is 555 g/mol. The molecule has 5 rings (SSSR count). The van der Waals surface area contributed by atoms with Crippen molar-refractivity contribution in [1.29, 1.82) is 0 Å². The smallest absolute Gasteiger partial charge is 0.294 e. The molecule has 40 heavy (non-hydrogen) atoms. The van der Waals surface area contributed by atoms with E-state index in [-0.39, 0.29) is 40.6 Å². The van der Waals surface area contributed by atoms with Crippen molar-refractivity contribution >= 4 is 46.5 Å². The van der Waals surface area contributed by atoms with E-state index in [1.807, 2.05) is 24.3 Å². The summed E-state index contributed by atoms with van der Waals surface area (Å²) in [6.07, 6.45) is 2.27. The van der Waals surface area contributed by atoms with Gasteiger partial charge in [0.15, 0.2) is 11.5 Å². The van der Waals surface area contributed by atoms with E-state index in [2.05, 4.69) is 0 Å². The van der Waals surface area contributed by atoms with E-state index < -0.39 is 11.1 Å². The van der Waals surface area contributed by atoms with Gasteiger partial charge in [-0.3, -0.25) is 19.3 Å². The Kier molecular flexibility index (Phi) is 8.42. The number of halogens is 2. The molecule has 3 aromatic rings. The van der Waals surface area contributed by atoms with Gasteiger partial charge in [0.2, 0.25) is 5.91 Å². The molecule has 206 valence electrons. The Hall–Kier alpha value is -3.82. The van der Waals surface area contributed by atoms with Gasteiger partial charge < -0.3 is 14.4 Å². The number of hydrogen-bond donors (Lipinski definition) is 0. The average molecular weight is 581 g/mol. The SMILES string of the molecule is CCOc1cc(/C=C2\SC(=O)N(CC(=O)N3CCc4ccccc4C3)C2=O)cc(Cl)c1OCc1cccc(F)c1. The highest BCUT2D eigenvalue weighted by Crippen LogP contribution is 2.39. The number of rotatable bonds is 8.